The summed E-state index contributed by atoms with van der Waals surface area (Å²) in [6.07, 6.45) is 2.29. The van der Waals surface area contributed by atoms with Gasteiger partial charge in [-0.2, -0.15) is 0 Å². The Labute approximate surface area is 91.5 Å². The minimum Gasteiger partial charge on any atom is -0.391 e. The number of nitrogens with one attached hydrogen (secondary N) is 1. The molecule has 1 unspecified atom stereocenters. The van der Waals surface area contributed by atoms with Gasteiger partial charge < -0.3 is 10.4 Å². The number of aromatic nitrogens is 1. The minimum atomic E-state index is -0.299. The number of aliphatic hydroxyl groups is 1. The number of aliphatic hydroxyl groups excluding tert-OH is 1. The second-order valence-corrected chi connectivity index (χ2v) is 4.38. The lowest BCUT2D eigenvalue weighted by Gasteiger charge is -2.14. The van der Waals surface area contributed by atoms with E-state index in [9.17, 15) is 5.11 Å². The normalized spacial score (nSPS) is 12.9. The van der Waals surface area contributed by atoms with E-state index in [2.05, 4.69) is 24.1 Å². The molecule has 0 aliphatic heterocycles. The van der Waals surface area contributed by atoms with Gasteiger partial charge in [0.15, 0.2) is 0 Å². The molecule has 0 amide bonds. The van der Waals surface area contributed by atoms with Crippen LogP contribution < -0.4 is 5.32 Å². The van der Waals surface area contributed by atoms with Gasteiger partial charge >= 0.3 is 0 Å². The SMILES string of the molecule is Cc1ccnc(NCC(O)CC(C)C)c1. The van der Waals surface area contributed by atoms with E-state index in [1.165, 1.54) is 5.56 Å². The first-order valence-corrected chi connectivity index (χ1v) is 5.42. The molecule has 0 saturated carbocycles. The molecule has 0 fully saturated rings. The number of aryl methyl sites for hydroxylation is 1. The van der Waals surface area contributed by atoms with Crippen molar-refractivity contribution in [1.29, 1.82) is 0 Å². The van der Waals surface area contributed by atoms with Crippen LogP contribution in [0.25, 0.3) is 0 Å². The average Bonchev–Trinajstić information content (AvgIpc) is 2.14. The standard InChI is InChI=1S/C12H20N2O/c1-9(2)6-11(15)8-14-12-7-10(3)4-5-13-12/h4-5,7,9,11,15H,6,8H2,1-3H3,(H,13,14). The summed E-state index contributed by atoms with van der Waals surface area (Å²) in [6, 6.07) is 3.93. The van der Waals surface area contributed by atoms with Crippen LogP contribution in [0, 0.1) is 12.8 Å². The quantitative estimate of drug-likeness (QED) is 0.779. The highest BCUT2D eigenvalue weighted by molar-refractivity contribution is 5.36. The van der Waals surface area contributed by atoms with Crippen LogP contribution in [0.4, 0.5) is 5.82 Å². The van der Waals surface area contributed by atoms with Crippen LogP contribution in [0.15, 0.2) is 18.3 Å². The van der Waals surface area contributed by atoms with Crippen LogP contribution >= 0.6 is 0 Å². The minimum absolute atomic E-state index is 0.299. The molecule has 3 heteroatoms. The average molecular weight is 208 g/mol. The van der Waals surface area contributed by atoms with Crippen molar-refractivity contribution in [3.8, 4) is 0 Å². The lowest BCUT2D eigenvalue weighted by molar-refractivity contribution is 0.161. The summed E-state index contributed by atoms with van der Waals surface area (Å²) in [6.45, 7) is 6.80. The van der Waals surface area contributed by atoms with E-state index in [0.717, 1.165) is 12.2 Å². The second kappa shape index (κ2) is 5.71. The molecular weight excluding hydrogens is 188 g/mol. The van der Waals surface area contributed by atoms with Crippen LogP contribution in [-0.4, -0.2) is 22.7 Å². The first-order valence-electron chi connectivity index (χ1n) is 5.42. The van der Waals surface area contributed by atoms with E-state index in [0.29, 0.717) is 12.5 Å². The van der Waals surface area contributed by atoms with Crippen LogP contribution in [0.5, 0.6) is 0 Å². The maximum Gasteiger partial charge on any atom is 0.126 e. The molecule has 0 aromatic carbocycles. The van der Waals surface area contributed by atoms with E-state index in [4.69, 9.17) is 0 Å². The molecule has 1 aromatic rings. The zero-order valence-corrected chi connectivity index (χ0v) is 9.70. The third-order valence-corrected chi connectivity index (χ3v) is 2.18. The van der Waals surface area contributed by atoms with Crippen molar-refractivity contribution in [1.82, 2.24) is 4.98 Å². The summed E-state index contributed by atoms with van der Waals surface area (Å²) in [4.78, 5) is 4.17. The number of hydrogen-bond acceptors (Lipinski definition) is 3. The molecule has 0 saturated heterocycles. The molecule has 2 N–H and O–H groups in total. The number of hydrogen-bond donors (Lipinski definition) is 2. The lowest BCUT2D eigenvalue weighted by atomic mass is 10.1. The van der Waals surface area contributed by atoms with Gasteiger partial charge in [-0.15, -0.1) is 0 Å². The van der Waals surface area contributed by atoms with Crippen LogP contribution in [-0.2, 0) is 0 Å². The number of anilines is 1. The predicted molar refractivity (Wildman–Crippen MR) is 62.9 cm³/mol. The molecule has 1 rings (SSSR count). The number of nitrogens with zero attached hydrogens (tertiary/aromatic N) is 1. The Balaban J connectivity index is 2.36. The van der Waals surface area contributed by atoms with E-state index < -0.39 is 0 Å². The molecule has 0 aliphatic rings. The van der Waals surface area contributed by atoms with Gasteiger partial charge in [-0.3, -0.25) is 0 Å². The topological polar surface area (TPSA) is 45.2 Å². The largest absolute Gasteiger partial charge is 0.391 e. The van der Waals surface area contributed by atoms with Gasteiger partial charge in [0.1, 0.15) is 5.82 Å². The molecule has 3 nitrogen and oxygen atoms in total. The first kappa shape index (κ1) is 12.0. The highest BCUT2D eigenvalue weighted by Gasteiger charge is 2.06. The van der Waals surface area contributed by atoms with Gasteiger partial charge in [0.05, 0.1) is 6.10 Å². The molecule has 1 aromatic heterocycles. The van der Waals surface area contributed by atoms with Crippen LogP contribution in [0.1, 0.15) is 25.8 Å². The summed E-state index contributed by atoms with van der Waals surface area (Å²) >= 11 is 0. The van der Waals surface area contributed by atoms with Crippen molar-refractivity contribution in [2.75, 3.05) is 11.9 Å². The first-order chi connectivity index (χ1) is 7.08. The molecule has 1 atom stereocenters. The summed E-state index contributed by atoms with van der Waals surface area (Å²) in [7, 11) is 0. The number of rotatable bonds is 5. The zero-order chi connectivity index (χ0) is 11.3. The number of pyridine rings is 1. The van der Waals surface area contributed by atoms with Gasteiger partial charge in [-0.1, -0.05) is 13.8 Å². The maximum absolute atomic E-state index is 9.66. The Morgan fingerprint density at radius 2 is 2.20 bits per heavy atom. The molecule has 84 valence electrons. The molecular formula is C12H20N2O. The molecule has 0 bridgehead atoms. The Kier molecular flexibility index (Phi) is 4.56. The van der Waals surface area contributed by atoms with Crippen molar-refractivity contribution >= 4 is 5.82 Å². The predicted octanol–water partition coefficient (Wildman–Crippen LogP) is 2.21. The molecule has 15 heavy (non-hydrogen) atoms. The smallest absolute Gasteiger partial charge is 0.126 e. The Hall–Kier alpha value is -1.09. The molecule has 1 heterocycles. The summed E-state index contributed by atoms with van der Waals surface area (Å²) in [5, 5.41) is 12.8. The van der Waals surface area contributed by atoms with Crippen molar-refractivity contribution in [3.63, 3.8) is 0 Å². The highest BCUT2D eigenvalue weighted by atomic mass is 16.3. The van der Waals surface area contributed by atoms with Crippen molar-refractivity contribution in [2.24, 2.45) is 5.92 Å². The fourth-order valence-electron chi connectivity index (χ4n) is 1.48. The molecule has 0 radical (unpaired) electrons. The molecule has 0 spiro atoms. The fourth-order valence-corrected chi connectivity index (χ4v) is 1.48. The van der Waals surface area contributed by atoms with Gasteiger partial charge in [0.25, 0.3) is 0 Å². The van der Waals surface area contributed by atoms with Crippen molar-refractivity contribution in [3.05, 3.63) is 23.9 Å². The lowest BCUT2D eigenvalue weighted by Crippen LogP contribution is -2.21. The van der Waals surface area contributed by atoms with Gasteiger partial charge in [-0.25, -0.2) is 4.98 Å². The summed E-state index contributed by atoms with van der Waals surface area (Å²) in [5.74, 6) is 1.35. The molecule has 0 aliphatic carbocycles. The van der Waals surface area contributed by atoms with Gasteiger partial charge in [-0.05, 0) is 37.0 Å². The monoisotopic (exact) mass is 208 g/mol. The third kappa shape index (κ3) is 4.79. The fraction of sp³-hybridized carbons (Fsp3) is 0.583. The van der Waals surface area contributed by atoms with Gasteiger partial charge in [0.2, 0.25) is 0 Å². The second-order valence-electron chi connectivity index (χ2n) is 4.38. The van der Waals surface area contributed by atoms with E-state index >= 15 is 0 Å². The maximum atomic E-state index is 9.66. The van der Waals surface area contributed by atoms with E-state index in [1.54, 1.807) is 6.20 Å². The van der Waals surface area contributed by atoms with Crippen LogP contribution in [0.2, 0.25) is 0 Å². The Morgan fingerprint density at radius 1 is 1.47 bits per heavy atom. The van der Waals surface area contributed by atoms with Crippen molar-refractivity contribution < 1.29 is 5.11 Å². The zero-order valence-electron chi connectivity index (χ0n) is 9.70. The Morgan fingerprint density at radius 3 is 2.80 bits per heavy atom. The Bertz CT molecular complexity index is 299. The third-order valence-electron chi connectivity index (χ3n) is 2.18. The summed E-state index contributed by atoms with van der Waals surface area (Å²) < 4.78 is 0. The van der Waals surface area contributed by atoms with E-state index in [1.807, 2.05) is 19.1 Å². The van der Waals surface area contributed by atoms with Gasteiger partial charge in [0, 0.05) is 12.7 Å². The summed E-state index contributed by atoms with van der Waals surface area (Å²) in [5.41, 5.74) is 1.17. The van der Waals surface area contributed by atoms with Crippen molar-refractivity contribution in [2.45, 2.75) is 33.3 Å². The van der Waals surface area contributed by atoms with E-state index in [-0.39, 0.29) is 6.10 Å². The van der Waals surface area contributed by atoms with Crippen LogP contribution in [0.3, 0.4) is 0 Å². The highest BCUT2D eigenvalue weighted by Crippen LogP contribution is 2.08.